The first kappa shape index (κ1) is 34.7. The van der Waals surface area contributed by atoms with Gasteiger partial charge < -0.3 is 9.84 Å². The zero-order chi connectivity index (χ0) is 37.7. The molecule has 14 heteroatoms. The lowest BCUT2D eigenvalue weighted by Gasteiger charge is -2.19. The Morgan fingerprint density at radius 3 is 1.38 bits per heavy atom. The van der Waals surface area contributed by atoms with E-state index < -0.39 is 10.8 Å². The molecule has 6 heterocycles. The van der Waals surface area contributed by atoms with Crippen LogP contribution >= 0.6 is 0 Å². The van der Waals surface area contributed by atoms with Crippen molar-refractivity contribution in [1.29, 1.82) is 0 Å². The highest BCUT2D eigenvalue weighted by molar-refractivity contribution is 6.13. The molecule has 8 rings (SSSR count). The first-order valence-electron chi connectivity index (χ1n) is 16.8. The zero-order valence-corrected chi connectivity index (χ0v) is 30.2. The number of carbonyl (C=O) groups is 2. The summed E-state index contributed by atoms with van der Waals surface area (Å²) in [6.45, 7) is 11.3. The number of amides is 2. The van der Waals surface area contributed by atoms with E-state index in [-0.39, 0.29) is 17.7 Å². The summed E-state index contributed by atoms with van der Waals surface area (Å²) >= 11 is 0. The standard InChI is InChI=1S/C20H19N5O2.C19H17N5O2/c1-12-21-10-14(11-22-12)13-5-6-15-16(9-13)25(19(26)20(15,2)3)17-7-8-18(27-4)24-23-17;1-11-20-9-13(10-21-11)12-4-5-14-15(8-12)24(18(26)19(14,2)3)16-6-7-17(25)23-22-16/h5-11H,1-4H3;4-10H,1-3H3,(H,23,25). The van der Waals surface area contributed by atoms with Crippen LogP contribution in [0, 0.1) is 13.8 Å². The highest BCUT2D eigenvalue weighted by Gasteiger charge is 2.46. The Hall–Kier alpha value is -6.70. The van der Waals surface area contributed by atoms with Crippen LogP contribution in [0.15, 0.2) is 85.5 Å². The van der Waals surface area contributed by atoms with Crippen LogP contribution in [-0.4, -0.2) is 64.4 Å². The number of ether oxygens (including phenoxy) is 1. The van der Waals surface area contributed by atoms with E-state index in [9.17, 15) is 14.7 Å². The largest absolute Gasteiger partial charge is 0.492 e. The lowest BCUT2D eigenvalue weighted by molar-refractivity contribution is -0.122. The van der Waals surface area contributed by atoms with Gasteiger partial charge in [-0.15, -0.1) is 20.4 Å². The number of rotatable bonds is 5. The number of hydrogen-bond acceptors (Lipinski definition) is 12. The van der Waals surface area contributed by atoms with Crippen molar-refractivity contribution in [3.05, 3.63) is 108 Å². The van der Waals surface area contributed by atoms with Crippen molar-refractivity contribution >= 4 is 34.8 Å². The van der Waals surface area contributed by atoms with Crippen molar-refractivity contribution in [3.63, 3.8) is 0 Å². The number of nitrogens with zero attached hydrogens (tertiary/aromatic N) is 10. The van der Waals surface area contributed by atoms with Crippen molar-refractivity contribution < 1.29 is 19.4 Å². The molecular formula is C39H36N10O4. The fraction of sp³-hybridized carbons (Fsp3) is 0.231. The van der Waals surface area contributed by atoms with E-state index in [0.717, 1.165) is 44.8 Å². The Morgan fingerprint density at radius 2 is 1.00 bits per heavy atom. The van der Waals surface area contributed by atoms with Crippen LogP contribution < -0.4 is 14.5 Å². The molecule has 6 aromatic rings. The van der Waals surface area contributed by atoms with Crippen LogP contribution in [0.3, 0.4) is 0 Å². The van der Waals surface area contributed by atoms with Gasteiger partial charge in [0.1, 0.15) is 11.6 Å². The van der Waals surface area contributed by atoms with Crippen LogP contribution in [0.1, 0.15) is 50.5 Å². The quantitative estimate of drug-likeness (QED) is 0.218. The van der Waals surface area contributed by atoms with E-state index in [4.69, 9.17) is 4.74 Å². The Labute approximate surface area is 305 Å². The summed E-state index contributed by atoms with van der Waals surface area (Å²) in [6, 6.07) is 18.2. The summed E-state index contributed by atoms with van der Waals surface area (Å²) in [6.07, 6.45) is 7.08. The van der Waals surface area contributed by atoms with Crippen LogP contribution in [0.5, 0.6) is 11.8 Å². The Bertz CT molecular complexity index is 2350. The molecule has 53 heavy (non-hydrogen) atoms. The summed E-state index contributed by atoms with van der Waals surface area (Å²) in [7, 11) is 1.53. The summed E-state index contributed by atoms with van der Waals surface area (Å²) in [4.78, 5) is 46.3. The number of aryl methyl sites for hydroxylation is 2. The molecule has 0 atom stereocenters. The van der Waals surface area contributed by atoms with E-state index in [1.54, 1.807) is 52.8 Å². The van der Waals surface area contributed by atoms with Crippen molar-refractivity contribution in [2.45, 2.75) is 52.4 Å². The van der Waals surface area contributed by atoms with Crippen LogP contribution in [0.2, 0.25) is 0 Å². The molecule has 0 bridgehead atoms. The topological polar surface area (TPSA) is 173 Å². The van der Waals surface area contributed by atoms with Crippen molar-refractivity contribution in [3.8, 4) is 34.0 Å². The Kier molecular flexibility index (Phi) is 8.60. The predicted octanol–water partition coefficient (Wildman–Crippen LogP) is 6.11. The van der Waals surface area contributed by atoms with Crippen molar-refractivity contribution in [2.24, 2.45) is 0 Å². The average Bonchev–Trinajstić information content (AvgIpc) is 3.49. The third-order valence-electron chi connectivity index (χ3n) is 9.46. The van der Waals surface area contributed by atoms with Gasteiger partial charge in [-0.2, -0.15) is 0 Å². The second-order valence-electron chi connectivity index (χ2n) is 13.7. The van der Waals surface area contributed by atoms with Gasteiger partial charge in [0.15, 0.2) is 11.6 Å². The van der Waals surface area contributed by atoms with Gasteiger partial charge >= 0.3 is 0 Å². The van der Waals surface area contributed by atoms with Crippen LogP contribution in [0.25, 0.3) is 22.3 Å². The molecule has 14 nitrogen and oxygen atoms in total. The summed E-state index contributed by atoms with van der Waals surface area (Å²) in [5.74, 6) is 2.32. The summed E-state index contributed by atoms with van der Waals surface area (Å²) < 4.78 is 5.06. The molecule has 4 aromatic heterocycles. The molecule has 0 saturated carbocycles. The minimum atomic E-state index is -0.683. The monoisotopic (exact) mass is 708 g/mol. The molecule has 0 saturated heterocycles. The van der Waals surface area contributed by atoms with Gasteiger partial charge in [0.25, 0.3) is 0 Å². The zero-order valence-electron chi connectivity index (χ0n) is 30.2. The number of aromatic hydroxyl groups is 1. The number of hydrogen-bond donors (Lipinski definition) is 1. The molecule has 1 N–H and O–H groups in total. The van der Waals surface area contributed by atoms with E-state index >= 15 is 0 Å². The lowest BCUT2D eigenvalue weighted by atomic mass is 9.85. The maximum absolute atomic E-state index is 13.1. The molecule has 2 aliphatic rings. The second kappa shape index (κ2) is 13.1. The van der Waals surface area contributed by atoms with Gasteiger partial charge in [-0.25, -0.2) is 19.9 Å². The Morgan fingerprint density at radius 1 is 0.566 bits per heavy atom. The number of carbonyl (C=O) groups excluding carboxylic acids is 2. The molecule has 2 aliphatic heterocycles. The molecule has 0 radical (unpaired) electrons. The highest BCUT2D eigenvalue weighted by atomic mass is 16.5. The van der Waals surface area contributed by atoms with Crippen molar-refractivity contribution in [2.75, 3.05) is 16.9 Å². The van der Waals surface area contributed by atoms with Gasteiger partial charge in [0.2, 0.25) is 23.6 Å². The number of aromatic nitrogens is 8. The molecule has 0 aliphatic carbocycles. The summed E-state index contributed by atoms with van der Waals surface area (Å²) in [5, 5.41) is 25.2. The third kappa shape index (κ3) is 6.17. The predicted molar refractivity (Wildman–Crippen MR) is 197 cm³/mol. The first-order chi connectivity index (χ1) is 25.3. The normalized spacial score (nSPS) is 15.1. The minimum Gasteiger partial charge on any atom is -0.492 e. The first-order valence-corrected chi connectivity index (χ1v) is 16.8. The van der Waals surface area contributed by atoms with E-state index in [0.29, 0.717) is 29.2 Å². The molecule has 2 aromatic carbocycles. The smallest absolute Gasteiger partial charge is 0.242 e. The van der Waals surface area contributed by atoms with Crippen LogP contribution in [-0.2, 0) is 20.4 Å². The highest BCUT2D eigenvalue weighted by Crippen LogP contribution is 2.47. The maximum Gasteiger partial charge on any atom is 0.242 e. The second-order valence-corrected chi connectivity index (χ2v) is 13.7. The van der Waals surface area contributed by atoms with Crippen LogP contribution in [0.4, 0.5) is 23.0 Å². The number of methoxy groups -OCH3 is 1. The molecule has 2 amide bonds. The molecule has 0 fully saturated rings. The maximum atomic E-state index is 13.1. The van der Waals surface area contributed by atoms with Gasteiger partial charge in [-0.3, -0.25) is 19.4 Å². The number of benzene rings is 2. The Balaban J connectivity index is 0.000000164. The fourth-order valence-corrected chi connectivity index (χ4v) is 6.37. The van der Waals surface area contributed by atoms with E-state index in [1.807, 2.05) is 77.9 Å². The van der Waals surface area contributed by atoms with Gasteiger partial charge in [0, 0.05) is 48.0 Å². The molecule has 0 spiro atoms. The summed E-state index contributed by atoms with van der Waals surface area (Å²) in [5.41, 5.74) is 5.66. The third-order valence-corrected chi connectivity index (χ3v) is 9.46. The fourth-order valence-electron chi connectivity index (χ4n) is 6.37. The SMILES string of the molecule is COc1ccc(N2C(=O)C(C)(C)c3ccc(-c4cnc(C)nc4)cc32)nn1.Cc1ncc(-c2ccc3c(c2)N(c2ccc(O)nn2)C(=O)C3(C)C)cn1. The van der Waals surface area contributed by atoms with Gasteiger partial charge in [0.05, 0.1) is 29.3 Å². The van der Waals surface area contributed by atoms with Crippen molar-refractivity contribution in [1.82, 2.24) is 40.3 Å². The van der Waals surface area contributed by atoms with Gasteiger partial charge in [-0.05, 0) is 88.1 Å². The number of fused-ring (bicyclic) bond motifs is 2. The lowest BCUT2D eigenvalue weighted by Crippen LogP contribution is -2.33. The number of anilines is 4. The molecular weight excluding hydrogens is 672 g/mol. The molecule has 266 valence electrons. The van der Waals surface area contributed by atoms with E-state index in [1.165, 1.54) is 13.2 Å². The molecule has 0 unspecified atom stereocenters. The van der Waals surface area contributed by atoms with Gasteiger partial charge in [-0.1, -0.05) is 24.3 Å². The van der Waals surface area contributed by atoms with E-state index in [2.05, 4.69) is 40.3 Å². The minimum absolute atomic E-state index is 0.0470. The average molecular weight is 709 g/mol.